The lowest BCUT2D eigenvalue weighted by Crippen LogP contribution is -2.45. The van der Waals surface area contributed by atoms with Crippen molar-refractivity contribution in [3.63, 3.8) is 0 Å². The lowest BCUT2D eigenvalue weighted by Gasteiger charge is -2.27. The summed E-state index contributed by atoms with van der Waals surface area (Å²) < 4.78 is 14.9. The summed E-state index contributed by atoms with van der Waals surface area (Å²) in [5, 5.41) is 0. The molecule has 1 fully saturated rings. The van der Waals surface area contributed by atoms with E-state index in [0.29, 0.717) is 6.04 Å². The molecule has 0 aliphatic heterocycles. The topological polar surface area (TPSA) is 35.1 Å². The van der Waals surface area contributed by atoms with E-state index in [1.165, 1.54) is 12.8 Å². The first kappa shape index (κ1) is 11.3. The van der Waals surface area contributed by atoms with Crippen molar-refractivity contribution in [1.29, 1.82) is 0 Å². The minimum Gasteiger partial charge on any atom is -0.598 e. The van der Waals surface area contributed by atoms with Crippen LogP contribution in [0.4, 0.5) is 0 Å². The van der Waals surface area contributed by atoms with Crippen LogP contribution in [0.2, 0.25) is 0 Å². The monoisotopic (exact) mass is 203 g/mol. The second-order valence-electron chi connectivity index (χ2n) is 4.85. The summed E-state index contributed by atoms with van der Waals surface area (Å²) >= 11 is -0.898. The molecular formula is C10H21NOS. The van der Waals surface area contributed by atoms with E-state index >= 15 is 0 Å². The van der Waals surface area contributed by atoms with Gasteiger partial charge in [-0.15, -0.1) is 4.72 Å². The lowest BCUT2D eigenvalue weighted by molar-refractivity contribution is 0.484. The van der Waals surface area contributed by atoms with Crippen molar-refractivity contribution in [2.45, 2.75) is 57.7 Å². The molecule has 0 amide bonds. The third kappa shape index (κ3) is 3.49. The van der Waals surface area contributed by atoms with Crippen LogP contribution >= 0.6 is 0 Å². The highest BCUT2D eigenvalue weighted by molar-refractivity contribution is 7.90. The Labute approximate surface area is 84.8 Å². The van der Waals surface area contributed by atoms with Crippen LogP contribution in [-0.4, -0.2) is 15.3 Å². The van der Waals surface area contributed by atoms with Gasteiger partial charge in [-0.25, -0.2) is 0 Å². The van der Waals surface area contributed by atoms with Crippen LogP contribution in [0.5, 0.6) is 0 Å². The molecule has 0 aromatic rings. The van der Waals surface area contributed by atoms with Gasteiger partial charge in [0.05, 0.1) is 6.04 Å². The zero-order chi connectivity index (χ0) is 10.1. The van der Waals surface area contributed by atoms with E-state index in [9.17, 15) is 4.55 Å². The van der Waals surface area contributed by atoms with Crippen LogP contribution in [0.3, 0.4) is 0 Å². The Morgan fingerprint density at radius 2 is 2.00 bits per heavy atom. The molecule has 0 aromatic carbocycles. The zero-order valence-corrected chi connectivity index (χ0v) is 9.91. The van der Waals surface area contributed by atoms with Crippen molar-refractivity contribution in [2.75, 3.05) is 0 Å². The molecule has 1 rings (SSSR count). The van der Waals surface area contributed by atoms with Gasteiger partial charge in [0, 0.05) is 11.4 Å². The van der Waals surface area contributed by atoms with Gasteiger partial charge in [0.2, 0.25) is 0 Å². The molecule has 2 unspecified atom stereocenters. The van der Waals surface area contributed by atoms with Crippen molar-refractivity contribution >= 4 is 11.4 Å². The molecule has 78 valence electrons. The van der Waals surface area contributed by atoms with E-state index in [-0.39, 0.29) is 4.75 Å². The zero-order valence-electron chi connectivity index (χ0n) is 9.09. The molecule has 0 radical (unpaired) electrons. The fourth-order valence-corrected chi connectivity index (χ4v) is 2.31. The van der Waals surface area contributed by atoms with Gasteiger partial charge in [-0.2, -0.15) is 0 Å². The van der Waals surface area contributed by atoms with Gasteiger partial charge < -0.3 is 4.55 Å². The van der Waals surface area contributed by atoms with E-state index in [2.05, 4.69) is 11.6 Å². The van der Waals surface area contributed by atoms with Crippen LogP contribution in [0.1, 0.15) is 47.0 Å². The fraction of sp³-hybridized carbons (Fsp3) is 1.00. The quantitative estimate of drug-likeness (QED) is 0.711. The van der Waals surface area contributed by atoms with Crippen molar-refractivity contribution in [3.8, 4) is 0 Å². The van der Waals surface area contributed by atoms with Gasteiger partial charge in [-0.3, -0.25) is 0 Å². The highest BCUT2D eigenvalue weighted by Gasteiger charge is 2.36. The second kappa shape index (κ2) is 4.20. The minimum absolute atomic E-state index is 0.137. The first-order valence-corrected chi connectivity index (χ1v) is 6.28. The van der Waals surface area contributed by atoms with Crippen molar-refractivity contribution in [1.82, 2.24) is 4.72 Å². The summed E-state index contributed by atoms with van der Waals surface area (Å²) in [5.41, 5.74) is 0. The Hall–Kier alpha value is 0.270. The maximum absolute atomic E-state index is 11.8. The average Bonchev–Trinajstić information content (AvgIpc) is 2.80. The standard InChI is InChI=1S/C10H21NOS/c1-5-9(8-6-7-8)11-13(12)10(2,3)4/h8-9,11H,5-7H2,1-4H3. The third-order valence-electron chi connectivity index (χ3n) is 2.45. The molecule has 3 heteroatoms. The van der Waals surface area contributed by atoms with Crippen LogP contribution in [-0.2, 0) is 11.4 Å². The van der Waals surface area contributed by atoms with E-state index in [0.717, 1.165) is 12.3 Å². The summed E-state index contributed by atoms with van der Waals surface area (Å²) in [6.45, 7) is 8.19. The van der Waals surface area contributed by atoms with Gasteiger partial charge in [0.1, 0.15) is 4.75 Å². The molecule has 1 aliphatic rings. The van der Waals surface area contributed by atoms with Crippen molar-refractivity contribution < 1.29 is 4.55 Å². The van der Waals surface area contributed by atoms with Gasteiger partial charge >= 0.3 is 0 Å². The molecule has 1 aliphatic carbocycles. The van der Waals surface area contributed by atoms with Gasteiger partial charge in [-0.05, 0) is 46.0 Å². The molecule has 2 nitrogen and oxygen atoms in total. The van der Waals surface area contributed by atoms with E-state index < -0.39 is 11.4 Å². The van der Waals surface area contributed by atoms with Crippen LogP contribution in [0.25, 0.3) is 0 Å². The van der Waals surface area contributed by atoms with Crippen LogP contribution in [0.15, 0.2) is 0 Å². The van der Waals surface area contributed by atoms with Gasteiger partial charge in [0.25, 0.3) is 0 Å². The maximum atomic E-state index is 11.8. The Morgan fingerprint density at radius 3 is 2.31 bits per heavy atom. The Kier molecular flexibility index (Phi) is 3.66. The summed E-state index contributed by atoms with van der Waals surface area (Å²) in [6.07, 6.45) is 3.71. The summed E-state index contributed by atoms with van der Waals surface area (Å²) in [5.74, 6) is 0.788. The molecular weight excluding hydrogens is 182 g/mol. The highest BCUT2D eigenvalue weighted by atomic mass is 32.2. The Balaban J connectivity index is 2.36. The Bertz CT molecular complexity index is 163. The number of hydrogen-bond acceptors (Lipinski definition) is 2. The average molecular weight is 203 g/mol. The molecule has 0 heterocycles. The van der Waals surface area contributed by atoms with Gasteiger partial charge in [0.15, 0.2) is 0 Å². The molecule has 2 atom stereocenters. The van der Waals surface area contributed by atoms with Crippen molar-refractivity contribution in [3.05, 3.63) is 0 Å². The summed E-state index contributed by atoms with van der Waals surface area (Å²) in [7, 11) is 0. The third-order valence-corrected chi connectivity index (χ3v) is 4.07. The van der Waals surface area contributed by atoms with Crippen LogP contribution < -0.4 is 4.72 Å². The second-order valence-corrected chi connectivity index (χ2v) is 6.85. The molecule has 0 spiro atoms. The molecule has 0 bridgehead atoms. The number of nitrogens with one attached hydrogen (secondary N) is 1. The SMILES string of the molecule is CCC(N[S+]([O-])C(C)(C)C)C1CC1. The van der Waals surface area contributed by atoms with E-state index in [1.54, 1.807) is 0 Å². The van der Waals surface area contributed by atoms with Gasteiger partial charge in [-0.1, -0.05) is 6.92 Å². The van der Waals surface area contributed by atoms with Crippen LogP contribution in [0, 0.1) is 5.92 Å². The lowest BCUT2D eigenvalue weighted by atomic mass is 10.1. The normalized spacial score (nSPS) is 22.8. The van der Waals surface area contributed by atoms with E-state index in [1.807, 2.05) is 20.8 Å². The Morgan fingerprint density at radius 1 is 1.46 bits per heavy atom. The minimum atomic E-state index is -0.898. The molecule has 1 saturated carbocycles. The molecule has 13 heavy (non-hydrogen) atoms. The number of hydrogen-bond donors (Lipinski definition) is 1. The number of rotatable bonds is 4. The predicted molar refractivity (Wildman–Crippen MR) is 57.8 cm³/mol. The largest absolute Gasteiger partial charge is 0.598 e. The maximum Gasteiger partial charge on any atom is 0.136 e. The first-order chi connectivity index (χ1) is 5.95. The first-order valence-electron chi connectivity index (χ1n) is 5.13. The molecule has 0 aromatic heterocycles. The fourth-order valence-electron chi connectivity index (χ4n) is 1.33. The molecule has 1 N–H and O–H groups in total. The highest BCUT2D eigenvalue weighted by Crippen LogP contribution is 2.34. The van der Waals surface area contributed by atoms with Crippen molar-refractivity contribution in [2.24, 2.45) is 5.92 Å². The molecule has 0 saturated heterocycles. The summed E-state index contributed by atoms with van der Waals surface area (Å²) in [6, 6.07) is 0.472. The predicted octanol–water partition coefficient (Wildman–Crippen LogP) is 2.23. The smallest absolute Gasteiger partial charge is 0.136 e. The van der Waals surface area contributed by atoms with E-state index in [4.69, 9.17) is 0 Å². The summed E-state index contributed by atoms with van der Waals surface area (Å²) in [4.78, 5) is 0.